The molecule has 3 fully saturated rings. The molecule has 4 heterocycles. The summed E-state index contributed by atoms with van der Waals surface area (Å²) in [5.41, 5.74) is 6.29. The monoisotopic (exact) mass is 445 g/mol. The summed E-state index contributed by atoms with van der Waals surface area (Å²) in [6, 6.07) is 4.33. The molecule has 8 nitrogen and oxygen atoms in total. The van der Waals surface area contributed by atoms with E-state index in [1.807, 2.05) is 6.92 Å². The van der Waals surface area contributed by atoms with E-state index in [9.17, 15) is 8.42 Å². The second kappa shape index (κ2) is 6.81. The largest absolute Gasteiger partial charge is 0.382 e. The van der Waals surface area contributed by atoms with Crippen LogP contribution in [0.15, 0.2) is 35.5 Å². The van der Waals surface area contributed by atoms with Gasteiger partial charge in [0, 0.05) is 34.0 Å². The first-order valence-electron chi connectivity index (χ1n) is 10.9. The lowest BCUT2D eigenvalue weighted by atomic mass is 9.79. The highest BCUT2D eigenvalue weighted by Crippen LogP contribution is 2.39. The number of rotatable bonds is 5. The van der Waals surface area contributed by atoms with E-state index in [-0.39, 0.29) is 27.5 Å². The SMILES string of the molecule is [2H]C([2H])([2H])c1ccc(S(=O)(=O)NC23CNC(C2)C3)cc1-c1cnc(N)c(-c2cnc(C)s2)n1. The van der Waals surface area contributed by atoms with Gasteiger partial charge in [0.25, 0.3) is 0 Å². The molecule has 0 spiro atoms. The molecule has 4 N–H and O–H groups in total. The van der Waals surface area contributed by atoms with Gasteiger partial charge in [0.05, 0.1) is 26.7 Å². The third kappa shape index (κ3) is 3.29. The van der Waals surface area contributed by atoms with Gasteiger partial charge in [-0.1, -0.05) is 6.07 Å². The molecule has 1 aliphatic carbocycles. The molecule has 0 amide bonds. The highest BCUT2D eigenvalue weighted by Gasteiger charge is 2.52. The third-order valence-corrected chi connectivity index (χ3v) is 8.08. The fraction of sp³-hybridized carbons (Fsp3) is 0.350. The second-order valence-electron chi connectivity index (χ2n) is 7.81. The molecule has 0 unspecified atom stereocenters. The zero-order valence-electron chi connectivity index (χ0n) is 19.1. The number of anilines is 1. The molecule has 0 radical (unpaired) electrons. The average Bonchev–Trinajstić information content (AvgIpc) is 3.43. The van der Waals surface area contributed by atoms with E-state index in [0.29, 0.717) is 23.2 Å². The standard InChI is InChI=1S/C20H22N6O2S2/c1-11-3-4-14(30(27,28)26-20-6-13(7-20)24-10-20)5-15(11)16-8-23-19(21)18(25-16)17-9-22-12(2)29-17/h3-5,8-9,13,24,26H,6-7,10H2,1-2H3,(H2,21,23)/i1D3. The molecule has 1 aromatic carbocycles. The van der Waals surface area contributed by atoms with Crippen LogP contribution in [0.2, 0.25) is 0 Å². The Morgan fingerprint density at radius 1 is 1.33 bits per heavy atom. The van der Waals surface area contributed by atoms with Crippen LogP contribution in [-0.2, 0) is 10.0 Å². The molecule has 2 aromatic heterocycles. The van der Waals surface area contributed by atoms with E-state index >= 15 is 0 Å². The first-order valence-corrected chi connectivity index (χ1v) is 11.7. The van der Waals surface area contributed by atoms with E-state index in [1.54, 1.807) is 6.20 Å². The topological polar surface area (TPSA) is 123 Å². The number of nitrogens with one attached hydrogen (secondary N) is 2. The molecule has 156 valence electrons. The van der Waals surface area contributed by atoms with Crippen LogP contribution in [0.3, 0.4) is 0 Å². The van der Waals surface area contributed by atoms with Crippen LogP contribution in [0, 0.1) is 13.8 Å². The number of fused-ring (bicyclic) bond motifs is 1. The van der Waals surface area contributed by atoms with Crippen LogP contribution in [-0.4, -0.2) is 41.5 Å². The van der Waals surface area contributed by atoms with E-state index in [1.165, 1.54) is 35.7 Å². The third-order valence-electron chi connectivity index (χ3n) is 5.59. The molecule has 2 bridgehead atoms. The van der Waals surface area contributed by atoms with Crippen molar-refractivity contribution in [3.8, 4) is 21.8 Å². The summed E-state index contributed by atoms with van der Waals surface area (Å²) in [6.07, 6.45) is 4.47. The Morgan fingerprint density at radius 3 is 2.83 bits per heavy atom. The number of hydrogen-bond donors (Lipinski definition) is 3. The molecule has 2 aliphatic heterocycles. The van der Waals surface area contributed by atoms with E-state index in [4.69, 9.17) is 9.85 Å². The van der Waals surface area contributed by atoms with Crippen molar-refractivity contribution in [3.63, 3.8) is 0 Å². The summed E-state index contributed by atoms with van der Waals surface area (Å²) in [5, 5.41) is 4.09. The number of benzene rings is 1. The summed E-state index contributed by atoms with van der Waals surface area (Å²) in [5.74, 6) is 0.177. The van der Waals surface area contributed by atoms with Crippen LogP contribution in [0.25, 0.3) is 21.8 Å². The van der Waals surface area contributed by atoms with Gasteiger partial charge in [0.15, 0.2) is 5.82 Å². The first kappa shape index (κ1) is 16.3. The summed E-state index contributed by atoms with van der Waals surface area (Å²) >= 11 is 1.38. The van der Waals surface area contributed by atoms with Crippen molar-refractivity contribution in [1.82, 2.24) is 25.0 Å². The van der Waals surface area contributed by atoms with Gasteiger partial charge in [0.2, 0.25) is 10.0 Å². The van der Waals surface area contributed by atoms with E-state index in [0.717, 1.165) is 17.8 Å². The molecule has 6 rings (SSSR count). The number of nitrogen functional groups attached to an aromatic ring is 1. The molecule has 0 atom stereocenters. The Bertz CT molecular complexity index is 1340. The molecule has 1 saturated carbocycles. The Labute approximate surface area is 183 Å². The molecule has 30 heavy (non-hydrogen) atoms. The van der Waals surface area contributed by atoms with Crippen LogP contribution < -0.4 is 15.8 Å². The van der Waals surface area contributed by atoms with Crippen molar-refractivity contribution < 1.29 is 12.5 Å². The van der Waals surface area contributed by atoms with E-state index in [2.05, 4.69) is 25.0 Å². The molecule has 10 heteroatoms. The molecule has 3 aromatic rings. The lowest BCUT2D eigenvalue weighted by Crippen LogP contribution is -2.54. The summed E-state index contributed by atoms with van der Waals surface area (Å²) in [7, 11) is -3.88. The second-order valence-corrected chi connectivity index (χ2v) is 10.7. The Kier molecular flexibility index (Phi) is 3.70. The zero-order valence-corrected chi connectivity index (χ0v) is 17.8. The maximum atomic E-state index is 13.2. The van der Waals surface area contributed by atoms with Crippen molar-refractivity contribution in [1.29, 1.82) is 0 Å². The predicted molar refractivity (Wildman–Crippen MR) is 117 cm³/mol. The highest BCUT2D eigenvalue weighted by molar-refractivity contribution is 7.89. The van der Waals surface area contributed by atoms with Gasteiger partial charge in [-0.2, -0.15) is 0 Å². The maximum Gasteiger partial charge on any atom is 0.241 e. The van der Waals surface area contributed by atoms with Gasteiger partial charge in [-0.25, -0.2) is 28.1 Å². The molecule has 2 saturated heterocycles. The fourth-order valence-corrected chi connectivity index (χ4v) is 6.28. The average molecular weight is 446 g/mol. The number of thiazole rings is 1. The lowest BCUT2D eigenvalue weighted by Gasteiger charge is -2.37. The number of sulfonamides is 1. The van der Waals surface area contributed by atoms with Crippen molar-refractivity contribution in [2.24, 2.45) is 0 Å². The Hall–Kier alpha value is -2.40. The van der Waals surface area contributed by atoms with Crippen LogP contribution in [0.1, 0.15) is 27.5 Å². The maximum absolute atomic E-state index is 13.2. The van der Waals surface area contributed by atoms with Crippen molar-refractivity contribution in [2.75, 3.05) is 12.3 Å². The minimum atomic E-state index is -3.88. The van der Waals surface area contributed by atoms with Gasteiger partial charge in [-0.15, -0.1) is 11.3 Å². The Morgan fingerprint density at radius 2 is 2.17 bits per heavy atom. The number of aromatic nitrogens is 3. The molecular formula is C20H22N6O2S2. The summed E-state index contributed by atoms with van der Waals surface area (Å²) in [4.78, 5) is 13.6. The van der Waals surface area contributed by atoms with Crippen molar-refractivity contribution in [3.05, 3.63) is 41.2 Å². The minimum Gasteiger partial charge on any atom is -0.382 e. The molecular weight excluding hydrogens is 420 g/mol. The lowest BCUT2D eigenvalue weighted by molar-refractivity contribution is 0.279. The predicted octanol–water partition coefficient (Wildman–Crippen LogP) is 2.25. The van der Waals surface area contributed by atoms with Crippen LogP contribution >= 0.6 is 11.3 Å². The number of hydrogen-bond acceptors (Lipinski definition) is 8. The van der Waals surface area contributed by atoms with E-state index < -0.39 is 22.4 Å². The van der Waals surface area contributed by atoms with Crippen LogP contribution in [0.5, 0.6) is 0 Å². The smallest absolute Gasteiger partial charge is 0.241 e. The van der Waals surface area contributed by atoms with Gasteiger partial charge in [-0.05, 0) is 44.3 Å². The van der Waals surface area contributed by atoms with Gasteiger partial charge in [-0.3, -0.25) is 0 Å². The minimum absolute atomic E-state index is 0.0173. The normalized spacial score (nSPS) is 24.7. The van der Waals surface area contributed by atoms with Gasteiger partial charge >= 0.3 is 0 Å². The molecule has 3 aliphatic rings. The number of nitrogens with zero attached hydrogens (tertiary/aromatic N) is 3. The highest BCUT2D eigenvalue weighted by atomic mass is 32.2. The first-order chi connectivity index (χ1) is 15.5. The summed E-state index contributed by atoms with van der Waals surface area (Å²) in [6.45, 7) is -0.0534. The number of nitrogens with two attached hydrogens (primary N) is 1. The number of aryl methyl sites for hydroxylation is 2. The van der Waals surface area contributed by atoms with Gasteiger partial charge < -0.3 is 11.1 Å². The zero-order chi connectivity index (χ0) is 23.6. The van der Waals surface area contributed by atoms with Crippen molar-refractivity contribution in [2.45, 2.75) is 43.1 Å². The van der Waals surface area contributed by atoms with Gasteiger partial charge in [0.1, 0.15) is 5.69 Å². The van der Waals surface area contributed by atoms with Crippen LogP contribution in [0.4, 0.5) is 5.82 Å². The van der Waals surface area contributed by atoms with Crippen molar-refractivity contribution >= 4 is 27.2 Å². The fourth-order valence-electron chi connectivity index (χ4n) is 4.06. The Balaban J connectivity index is 1.60. The quantitative estimate of drug-likeness (QED) is 0.550. The summed E-state index contributed by atoms with van der Waals surface area (Å²) < 4.78 is 53.0.